The summed E-state index contributed by atoms with van der Waals surface area (Å²) in [7, 11) is 0. The van der Waals surface area contributed by atoms with Crippen molar-refractivity contribution in [3.63, 3.8) is 0 Å². The largest absolute Gasteiger partial charge is 0.479 e. The average molecular weight is 268 g/mol. The second kappa shape index (κ2) is 6.38. The van der Waals surface area contributed by atoms with E-state index in [9.17, 15) is 20.1 Å². The van der Waals surface area contributed by atoms with Crippen molar-refractivity contribution in [3.05, 3.63) is 0 Å². The van der Waals surface area contributed by atoms with Crippen LogP contribution < -0.4 is 0 Å². The summed E-state index contributed by atoms with van der Waals surface area (Å²) in [5, 5.41) is 54.7. The first-order valence-corrected chi connectivity index (χ1v) is 5.22. The Morgan fingerprint density at radius 3 is 2.22 bits per heavy atom. The minimum Gasteiger partial charge on any atom is -0.479 e. The summed E-state index contributed by atoms with van der Waals surface area (Å²) in [5.74, 6) is -1.48. The molecule has 0 aromatic carbocycles. The lowest BCUT2D eigenvalue weighted by atomic mass is 9.99. The normalized spacial score (nSPS) is 38.4. The van der Waals surface area contributed by atoms with E-state index in [0.29, 0.717) is 0 Å². The highest BCUT2D eigenvalue weighted by Crippen LogP contribution is 2.22. The standard InChI is InChI=1S/C9H16O9/c10-1-3-5(12)6(13)7(14)9(17-3)18-4(2-11)8(15)16/h3-7,9-14H,1-2H2,(H,15,16)/t3-,4-,5-,6+,7+,9-/m1/s1. The van der Waals surface area contributed by atoms with Crippen molar-refractivity contribution in [1.82, 2.24) is 0 Å². The lowest BCUT2D eigenvalue weighted by Gasteiger charge is -2.40. The molecule has 9 nitrogen and oxygen atoms in total. The molecule has 0 bridgehead atoms. The summed E-state index contributed by atoms with van der Waals surface area (Å²) in [6.45, 7) is -1.51. The number of ether oxygens (including phenoxy) is 2. The van der Waals surface area contributed by atoms with Gasteiger partial charge in [-0.25, -0.2) is 4.79 Å². The van der Waals surface area contributed by atoms with Gasteiger partial charge in [0.15, 0.2) is 12.4 Å². The molecule has 0 aromatic heterocycles. The molecule has 1 aliphatic heterocycles. The molecule has 1 heterocycles. The second-order valence-corrected chi connectivity index (χ2v) is 3.84. The lowest BCUT2D eigenvalue weighted by Crippen LogP contribution is -2.60. The molecule has 0 unspecified atom stereocenters. The van der Waals surface area contributed by atoms with Crippen molar-refractivity contribution in [2.24, 2.45) is 0 Å². The summed E-state index contributed by atoms with van der Waals surface area (Å²) >= 11 is 0. The van der Waals surface area contributed by atoms with Crippen molar-refractivity contribution in [2.45, 2.75) is 36.8 Å². The topological polar surface area (TPSA) is 157 Å². The van der Waals surface area contributed by atoms with E-state index in [1.54, 1.807) is 0 Å². The zero-order valence-corrected chi connectivity index (χ0v) is 9.29. The van der Waals surface area contributed by atoms with Gasteiger partial charge in [0.1, 0.15) is 24.4 Å². The molecule has 6 N–H and O–H groups in total. The Bertz CT molecular complexity index is 281. The molecule has 18 heavy (non-hydrogen) atoms. The first kappa shape index (κ1) is 15.2. The quantitative estimate of drug-likeness (QED) is 0.294. The fourth-order valence-corrected chi connectivity index (χ4v) is 1.52. The molecule has 0 saturated carbocycles. The molecular weight excluding hydrogens is 252 g/mol. The molecule has 0 aliphatic carbocycles. The van der Waals surface area contributed by atoms with Gasteiger partial charge in [-0.15, -0.1) is 0 Å². The van der Waals surface area contributed by atoms with E-state index in [1.807, 2.05) is 0 Å². The zero-order chi connectivity index (χ0) is 13.9. The van der Waals surface area contributed by atoms with Crippen molar-refractivity contribution < 1.29 is 44.9 Å². The van der Waals surface area contributed by atoms with Crippen molar-refractivity contribution in [3.8, 4) is 0 Å². The van der Waals surface area contributed by atoms with E-state index in [-0.39, 0.29) is 0 Å². The van der Waals surface area contributed by atoms with Gasteiger partial charge in [0.2, 0.25) is 0 Å². The molecule has 1 fully saturated rings. The first-order valence-electron chi connectivity index (χ1n) is 5.22. The van der Waals surface area contributed by atoms with E-state index in [0.717, 1.165) is 0 Å². The van der Waals surface area contributed by atoms with Crippen molar-refractivity contribution in [1.29, 1.82) is 0 Å². The third-order valence-electron chi connectivity index (χ3n) is 2.59. The number of hydrogen-bond donors (Lipinski definition) is 6. The second-order valence-electron chi connectivity index (χ2n) is 3.84. The van der Waals surface area contributed by atoms with Gasteiger partial charge in [0.25, 0.3) is 0 Å². The molecule has 1 saturated heterocycles. The summed E-state index contributed by atoms with van der Waals surface area (Å²) in [6, 6.07) is 0. The highest BCUT2D eigenvalue weighted by molar-refractivity contribution is 5.72. The van der Waals surface area contributed by atoms with Crippen LogP contribution in [0.4, 0.5) is 0 Å². The number of carboxylic acid groups (broad SMARTS) is 1. The van der Waals surface area contributed by atoms with Gasteiger partial charge in [0.05, 0.1) is 13.2 Å². The van der Waals surface area contributed by atoms with Crippen LogP contribution in [0.3, 0.4) is 0 Å². The minimum atomic E-state index is -1.70. The van der Waals surface area contributed by atoms with Crippen LogP contribution in [0.1, 0.15) is 0 Å². The summed E-state index contributed by atoms with van der Waals surface area (Å²) in [4.78, 5) is 10.6. The number of aliphatic carboxylic acids is 1. The number of aliphatic hydroxyl groups excluding tert-OH is 5. The molecular formula is C9H16O9. The molecule has 0 radical (unpaired) electrons. The highest BCUT2D eigenvalue weighted by Gasteiger charge is 2.45. The number of aliphatic hydroxyl groups is 5. The zero-order valence-electron chi connectivity index (χ0n) is 9.29. The molecule has 9 heteroatoms. The van der Waals surface area contributed by atoms with E-state index in [4.69, 9.17) is 24.8 Å². The summed E-state index contributed by atoms with van der Waals surface area (Å²) in [6.07, 6.45) is -9.32. The maximum atomic E-state index is 10.6. The monoisotopic (exact) mass is 268 g/mol. The van der Waals surface area contributed by atoms with Gasteiger partial charge < -0.3 is 40.1 Å². The van der Waals surface area contributed by atoms with Crippen LogP contribution >= 0.6 is 0 Å². The Morgan fingerprint density at radius 1 is 1.17 bits per heavy atom. The molecule has 0 amide bonds. The smallest absolute Gasteiger partial charge is 0.335 e. The van der Waals surface area contributed by atoms with E-state index >= 15 is 0 Å². The molecule has 1 aliphatic rings. The van der Waals surface area contributed by atoms with Crippen LogP contribution in [0.25, 0.3) is 0 Å². The van der Waals surface area contributed by atoms with E-state index < -0.39 is 56.0 Å². The predicted molar refractivity (Wildman–Crippen MR) is 53.4 cm³/mol. The van der Waals surface area contributed by atoms with Crippen LogP contribution in [0.5, 0.6) is 0 Å². The third-order valence-corrected chi connectivity index (χ3v) is 2.59. The predicted octanol–water partition coefficient (Wildman–Crippen LogP) is -3.75. The number of carboxylic acids is 1. The van der Waals surface area contributed by atoms with Crippen LogP contribution in [0.15, 0.2) is 0 Å². The fraction of sp³-hybridized carbons (Fsp3) is 0.889. The lowest BCUT2D eigenvalue weighted by molar-refractivity contribution is -0.311. The Hall–Kier alpha value is -0.810. The fourth-order valence-electron chi connectivity index (χ4n) is 1.52. The Kier molecular flexibility index (Phi) is 5.41. The van der Waals surface area contributed by atoms with Gasteiger partial charge in [-0.1, -0.05) is 0 Å². The molecule has 6 atom stereocenters. The SMILES string of the molecule is O=C(O)[C@@H](CO)O[C@H]1O[C@H](CO)[C@@H](O)[C@H](O)[C@@H]1O. The maximum absolute atomic E-state index is 10.6. The minimum absolute atomic E-state index is 0.651. The Morgan fingerprint density at radius 2 is 1.78 bits per heavy atom. The first-order chi connectivity index (χ1) is 8.42. The molecule has 106 valence electrons. The summed E-state index contributed by atoms with van der Waals surface area (Å²) < 4.78 is 9.67. The van der Waals surface area contributed by atoms with Gasteiger partial charge in [-0.05, 0) is 0 Å². The Balaban J connectivity index is 2.72. The van der Waals surface area contributed by atoms with Crippen LogP contribution in [-0.4, -0.2) is 86.6 Å². The van der Waals surface area contributed by atoms with Crippen molar-refractivity contribution >= 4 is 5.97 Å². The van der Waals surface area contributed by atoms with Crippen LogP contribution in [-0.2, 0) is 14.3 Å². The molecule has 0 spiro atoms. The number of hydrogen-bond acceptors (Lipinski definition) is 8. The van der Waals surface area contributed by atoms with Gasteiger partial charge in [-0.2, -0.15) is 0 Å². The van der Waals surface area contributed by atoms with Crippen molar-refractivity contribution in [2.75, 3.05) is 13.2 Å². The van der Waals surface area contributed by atoms with E-state index in [2.05, 4.69) is 0 Å². The molecule has 1 rings (SSSR count). The molecule has 0 aromatic rings. The third kappa shape index (κ3) is 3.14. The highest BCUT2D eigenvalue weighted by atomic mass is 16.7. The maximum Gasteiger partial charge on any atom is 0.335 e. The summed E-state index contributed by atoms with van der Waals surface area (Å²) in [5.41, 5.74) is 0. The van der Waals surface area contributed by atoms with Crippen LogP contribution in [0.2, 0.25) is 0 Å². The van der Waals surface area contributed by atoms with Gasteiger partial charge in [0, 0.05) is 0 Å². The van der Waals surface area contributed by atoms with Gasteiger partial charge >= 0.3 is 5.97 Å². The Labute approximate surface area is 102 Å². The van der Waals surface area contributed by atoms with E-state index in [1.165, 1.54) is 0 Å². The number of carbonyl (C=O) groups is 1. The van der Waals surface area contributed by atoms with Gasteiger partial charge in [-0.3, -0.25) is 0 Å². The van der Waals surface area contributed by atoms with Crippen LogP contribution in [0, 0.1) is 0 Å². The average Bonchev–Trinajstić information content (AvgIpc) is 2.35. The number of rotatable bonds is 5.